The first-order valence-electron chi connectivity index (χ1n) is 9.10. The third kappa shape index (κ3) is 5.08. The van der Waals surface area contributed by atoms with E-state index in [1.165, 1.54) is 11.1 Å². The van der Waals surface area contributed by atoms with Crippen LogP contribution in [-0.2, 0) is 9.59 Å². The van der Waals surface area contributed by atoms with Crippen LogP contribution in [0.2, 0.25) is 0 Å². The number of aliphatic carboxylic acids is 1. The van der Waals surface area contributed by atoms with Gasteiger partial charge in [0, 0.05) is 19.4 Å². The minimum Gasteiger partial charge on any atom is -0.481 e. The highest BCUT2D eigenvalue weighted by molar-refractivity contribution is 5.77. The molecule has 0 spiro atoms. The van der Waals surface area contributed by atoms with E-state index in [0.29, 0.717) is 25.2 Å². The number of hydrogen-bond acceptors (Lipinski definition) is 2. The number of benzene rings is 1. The van der Waals surface area contributed by atoms with E-state index in [1.54, 1.807) is 0 Å². The summed E-state index contributed by atoms with van der Waals surface area (Å²) in [6, 6.07) is 8.84. The summed E-state index contributed by atoms with van der Waals surface area (Å²) in [5.74, 6) is -0.112. The van der Waals surface area contributed by atoms with Gasteiger partial charge in [-0.1, -0.05) is 38.1 Å². The molecule has 4 heteroatoms. The summed E-state index contributed by atoms with van der Waals surface area (Å²) < 4.78 is 0. The molecule has 1 heterocycles. The molecule has 4 nitrogen and oxygen atoms in total. The lowest BCUT2D eigenvalue weighted by Gasteiger charge is -2.36. The van der Waals surface area contributed by atoms with Crippen molar-refractivity contribution in [2.75, 3.05) is 6.54 Å². The normalized spacial score (nSPS) is 18.0. The molecule has 1 aromatic carbocycles. The van der Waals surface area contributed by atoms with E-state index in [1.807, 2.05) is 4.90 Å². The van der Waals surface area contributed by atoms with Gasteiger partial charge in [-0.15, -0.1) is 0 Å². The Labute approximate surface area is 144 Å². The molecule has 1 aliphatic rings. The maximum absolute atomic E-state index is 12.6. The Kier molecular flexibility index (Phi) is 6.83. The molecule has 132 valence electrons. The minimum absolute atomic E-state index is 0.146. The van der Waals surface area contributed by atoms with Crippen LogP contribution < -0.4 is 0 Å². The molecule has 0 aromatic heterocycles. The van der Waals surface area contributed by atoms with Crippen molar-refractivity contribution in [1.82, 2.24) is 4.90 Å². The highest BCUT2D eigenvalue weighted by Crippen LogP contribution is 2.32. The summed E-state index contributed by atoms with van der Waals surface area (Å²) in [7, 11) is 0. The van der Waals surface area contributed by atoms with Gasteiger partial charge in [-0.2, -0.15) is 0 Å². The van der Waals surface area contributed by atoms with Crippen LogP contribution in [0, 0.1) is 0 Å². The van der Waals surface area contributed by atoms with Crippen molar-refractivity contribution < 1.29 is 14.7 Å². The Balaban J connectivity index is 1.98. The first kappa shape index (κ1) is 18.5. The number of rotatable bonds is 7. The summed E-state index contributed by atoms with van der Waals surface area (Å²) >= 11 is 0. The minimum atomic E-state index is -0.788. The number of hydrogen-bond donors (Lipinski definition) is 1. The second-order valence-electron chi connectivity index (χ2n) is 7.02. The second kappa shape index (κ2) is 8.86. The highest BCUT2D eigenvalue weighted by atomic mass is 16.4. The van der Waals surface area contributed by atoms with Crippen molar-refractivity contribution in [3.8, 4) is 0 Å². The van der Waals surface area contributed by atoms with Crippen LogP contribution in [0.5, 0.6) is 0 Å². The van der Waals surface area contributed by atoms with Gasteiger partial charge in [-0.05, 0) is 49.1 Å². The first-order valence-corrected chi connectivity index (χ1v) is 9.10. The fourth-order valence-corrected chi connectivity index (χ4v) is 3.38. The maximum Gasteiger partial charge on any atom is 0.303 e. The summed E-state index contributed by atoms with van der Waals surface area (Å²) in [5.41, 5.74) is 2.54. The second-order valence-corrected chi connectivity index (χ2v) is 7.02. The Morgan fingerprint density at radius 2 is 1.79 bits per heavy atom. The van der Waals surface area contributed by atoms with E-state index in [-0.39, 0.29) is 18.4 Å². The van der Waals surface area contributed by atoms with Crippen LogP contribution in [0.15, 0.2) is 24.3 Å². The number of amides is 1. The fourth-order valence-electron chi connectivity index (χ4n) is 3.38. The summed E-state index contributed by atoms with van der Waals surface area (Å²) in [6.07, 6.45) is 5.05. The van der Waals surface area contributed by atoms with E-state index in [4.69, 9.17) is 5.11 Å². The summed E-state index contributed by atoms with van der Waals surface area (Å²) in [6.45, 7) is 5.18. The van der Waals surface area contributed by atoms with Gasteiger partial charge >= 0.3 is 5.97 Å². The molecule has 0 aliphatic carbocycles. The SMILES string of the molecule is CC(C)c1ccc(C2CCCCN2C(=O)CCCCC(=O)O)cc1. The number of carboxylic acids is 1. The number of carbonyl (C=O) groups is 2. The molecule has 2 rings (SSSR count). The molecule has 1 unspecified atom stereocenters. The topological polar surface area (TPSA) is 57.6 Å². The molecule has 1 aliphatic heterocycles. The molecule has 1 N–H and O–H groups in total. The van der Waals surface area contributed by atoms with Gasteiger partial charge in [0.25, 0.3) is 0 Å². The quantitative estimate of drug-likeness (QED) is 0.748. The number of carbonyl (C=O) groups excluding carboxylic acids is 1. The highest BCUT2D eigenvalue weighted by Gasteiger charge is 2.27. The predicted octanol–water partition coefficient (Wildman–Crippen LogP) is 4.51. The molecule has 1 aromatic rings. The maximum atomic E-state index is 12.6. The van der Waals surface area contributed by atoms with Crippen molar-refractivity contribution in [3.63, 3.8) is 0 Å². The third-order valence-corrected chi connectivity index (χ3v) is 4.84. The lowest BCUT2D eigenvalue weighted by molar-refractivity contribution is -0.138. The van der Waals surface area contributed by atoms with Gasteiger partial charge in [-0.3, -0.25) is 9.59 Å². The van der Waals surface area contributed by atoms with Crippen LogP contribution in [0.25, 0.3) is 0 Å². The molecule has 0 saturated carbocycles. The monoisotopic (exact) mass is 331 g/mol. The van der Waals surface area contributed by atoms with Gasteiger partial charge in [0.15, 0.2) is 0 Å². The average molecular weight is 331 g/mol. The molecule has 1 saturated heterocycles. The van der Waals surface area contributed by atoms with Crippen LogP contribution in [0.3, 0.4) is 0 Å². The summed E-state index contributed by atoms with van der Waals surface area (Å²) in [4.78, 5) is 25.2. The molecular formula is C20H29NO3. The Morgan fingerprint density at radius 3 is 2.42 bits per heavy atom. The number of carboxylic acid groups (broad SMARTS) is 1. The Bertz CT molecular complexity index is 551. The smallest absolute Gasteiger partial charge is 0.303 e. The lowest BCUT2D eigenvalue weighted by atomic mass is 9.92. The van der Waals surface area contributed by atoms with Crippen molar-refractivity contribution >= 4 is 11.9 Å². The van der Waals surface area contributed by atoms with Crippen LogP contribution >= 0.6 is 0 Å². The van der Waals surface area contributed by atoms with E-state index >= 15 is 0 Å². The van der Waals surface area contributed by atoms with Crippen molar-refractivity contribution in [1.29, 1.82) is 0 Å². The predicted molar refractivity (Wildman–Crippen MR) is 94.9 cm³/mol. The Hall–Kier alpha value is -1.84. The van der Waals surface area contributed by atoms with Gasteiger partial charge in [0.1, 0.15) is 0 Å². The molecule has 24 heavy (non-hydrogen) atoms. The molecule has 0 bridgehead atoms. The molecule has 1 amide bonds. The van der Waals surface area contributed by atoms with Gasteiger partial charge < -0.3 is 10.0 Å². The fraction of sp³-hybridized carbons (Fsp3) is 0.600. The average Bonchev–Trinajstić information content (AvgIpc) is 2.58. The molecule has 1 atom stereocenters. The first-order chi connectivity index (χ1) is 11.5. The third-order valence-electron chi connectivity index (χ3n) is 4.84. The number of unbranched alkanes of at least 4 members (excludes halogenated alkanes) is 1. The zero-order valence-electron chi connectivity index (χ0n) is 14.8. The summed E-state index contributed by atoms with van der Waals surface area (Å²) in [5, 5.41) is 8.68. The van der Waals surface area contributed by atoms with Crippen LogP contribution in [0.4, 0.5) is 0 Å². The number of likely N-dealkylation sites (tertiary alicyclic amines) is 1. The Morgan fingerprint density at radius 1 is 1.12 bits per heavy atom. The lowest BCUT2D eigenvalue weighted by Crippen LogP contribution is -2.38. The molecule has 1 fully saturated rings. The molecular weight excluding hydrogens is 302 g/mol. The molecule has 0 radical (unpaired) electrons. The van der Waals surface area contributed by atoms with Gasteiger partial charge in [0.05, 0.1) is 6.04 Å². The van der Waals surface area contributed by atoms with Crippen LogP contribution in [-0.4, -0.2) is 28.4 Å². The largest absolute Gasteiger partial charge is 0.481 e. The number of nitrogens with zero attached hydrogens (tertiary/aromatic N) is 1. The number of piperidine rings is 1. The van der Waals surface area contributed by atoms with Crippen molar-refractivity contribution in [2.24, 2.45) is 0 Å². The van der Waals surface area contributed by atoms with Crippen molar-refractivity contribution in [3.05, 3.63) is 35.4 Å². The zero-order chi connectivity index (χ0) is 17.5. The zero-order valence-corrected chi connectivity index (χ0v) is 14.8. The van der Waals surface area contributed by atoms with Crippen LogP contribution in [0.1, 0.15) is 81.9 Å². The van der Waals surface area contributed by atoms with E-state index in [9.17, 15) is 9.59 Å². The van der Waals surface area contributed by atoms with Gasteiger partial charge in [0.2, 0.25) is 5.91 Å². The van der Waals surface area contributed by atoms with E-state index in [0.717, 1.165) is 25.8 Å². The van der Waals surface area contributed by atoms with E-state index < -0.39 is 5.97 Å². The van der Waals surface area contributed by atoms with E-state index in [2.05, 4.69) is 38.1 Å². The van der Waals surface area contributed by atoms with Crippen molar-refractivity contribution in [2.45, 2.75) is 70.8 Å². The van der Waals surface area contributed by atoms with Gasteiger partial charge in [-0.25, -0.2) is 0 Å². The standard InChI is InChI=1S/C20H29NO3/c1-15(2)16-10-12-17(13-11-16)18-7-5-6-14-21(18)19(22)8-3-4-9-20(23)24/h10-13,15,18H,3-9,14H2,1-2H3,(H,23,24).